The number of nitrogens with one attached hydrogen (secondary N) is 1. The third kappa shape index (κ3) is 4.79. The van der Waals surface area contributed by atoms with Crippen LogP contribution in [0.4, 0.5) is 0 Å². The Balaban J connectivity index is 0.00000280. The van der Waals surface area contributed by atoms with Crippen molar-refractivity contribution in [2.45, 2.75) is 43.5 Å². The van der Waals surface area contributed by atoms with E-state index in [0.717, 1.165) is 38.8 Å². The highest BCUT2D eigenvalue weighted by Crippen LogP contribution is 2.30. The van der Waals surface area contributed by atoms with Gasteiger partial charge in [0.15, 0.2) is 0 Å². The van der Waals surface area contributed by atoms with Gasteiger partial charge in [0.1, 0.15) is 10.6 Å². The summed E-state index contributed by atoms with van der Waals surface area (Å²) >= 11 is 0. The second-order valence-corrected chi connectivity index (χ2v) is 9.14. The van der Waals surface area contributed by atoms with Crippen LogP contribution in [0.2, 0.25) is 0 Å². The van der Waals surface area contributed by atoms with E-state index in [0.29, 0.717) is 25.2 Å². The summed E-state index contributed by atoms with van der Waals surface area (Å²) in [6.45, 7) is 5.10. The monoisotopic (exact) mass is 431 g/mol. The maximum absolute atomic E-state index is 13.2. The minimum atomic E-state index is -3.70. The highest BCUT2D eigenvalue weighted by Gasteiger charge is 2.31. The molecule has 1 unspecified atom stereocenters. The highest BCUT2D eigenvalue weighted by molar-refractivity contribution is 7.89. The first kappa shape index (κ1) is 22.9. The van der Waals surface area contributed by atoms with Gasteiger partial charge in [0.05, 0.1) is 7.11 Å². The van der Waals surface area contributed by atoms with Crippen LogP contribution in [0.5, 0.6) is 5.75 Å². The summed E-state index contributed by atoms with van der Waals surface area (Å²) in [5.41, 5.74) is 0.387. The number of hydrogen-bond acceptors (Lipinski definition) is 5. The molecule has 2 fully saturated rings. The zero-order chi connectivity index (χ0) is 19.4. The lowest BCUT2D eigenvalue weighted by Crippen LogP contribution is -2.52. The molecule has 2 saturated heterocycles. The SMILES string of the molecule is COc1ccc(C(=O)N2CCNCC2C)cc1S(=O)(=O)N1CCCCCC1.Cl. The van der Waals surface area contributed by atoms with Crippen molar-refractivity contribution < 1.29 is 17.9 Å². The lowest BCUT2D eigenvalue weighted by Gasteiger charge is -2.34. The van der Waals surface area contributed by atoms with E-state index in [1.165, 1.54) is 17.5 Å². The predicted octanol–water partition coefficient (Wildman–Crippen LogP) is 2.12. The van der Waals surface area contributed by atoms with Gasteiger partial charge in [0.25, 0.3) is 5.91 Å². The zero-order valence-electron chi connectivity index (χ0n) is 16.5. The van der Waals surface area contributed by atoms with Gasteiger partial charge in [-0.25, -0.2) is 8.42 Å². The van der Waals surface area contributed by atoms with Gasteiger partial charge in [-0.2, -0.15) is 4.31 Å². The van der Waals surface area contributed by atoms with E-state index in [1.807, 2.05) is 6.92 Å². The van der Waals surface area contributed by atoms with E-state index in [1.54, 1.807) is 17.0 Å². The van der Waals surface area contributed by atoms with Crippen molar-refractivity contribution in [2.24, 2.45) is 0 Å². The van der Waals surface area contributed by atoms with Crippen molar-refractivity contribution in [3.8, 4) is 5.75 Å². The molecule has 158 valence electrons. The molecule has 0 spiro atoms. The molecule has 1 amide bonds. The Bertz CT molecular complexity index is 779. The van der Waals surface area contributed by atoms with E-state index in [9.17, 15) is 13.2 Å². The van der Waals surface area contributed by atoms with Crippen molar-refractivity contribution in [3.63, 3.8) is 0 Å². The molecule has 0 bridgehead atoms. The number of sulfonamides is 1. The van der Waals surface area contributed by atoms with E-state index >= 15 is 0 Å². The molecular formula is C19H30ClN3O4S. The number of nitrogens with zero attached hydrogens (tertiary/aromatic N) is 2. The van der Waals surface area contributed by atoms with Gasteiger partial charge < -0.3 is 15.0 Å². The number of carbonyl (C=O) groups excluding carboxylic acids is 1. The third-order valence-electron chi connectivity index (χ3n) is 5.36. The van der Waals surface area contributed by atoms with Crippen LogP contribution in [-0.2, 0) is 10.0 Å². The molecular weight excluding hydrogens is 402 g/mol. The Kier molecular flexibility index (Phi) is 8.12. The second kappa shape index (κ2) is 9.91. The number of amides is 1. The van der Waals surface area contributed by atoms with E-state index < -0.39 is 10.0 Å². The van der Waals surface area contributed by atoms with Gasteiger partial charge in [-0.1, -0.05) is 12.8 Å². The summed E-state index contributed by atoms with van der Waals surface area (Å²) in [5, 5.41) is 3.26. The van der Waals surface area contributed by atoms with E-state index in [-0.39, 0.29) is 35.0 Å². The average molecular weight is 432 g/mol. The fourth-order valence-electron chi connectivity index (χ4n) is 3.74. The quantitative estimate of drug-likeness (QED) is 0.789. The molecule has 2 aliphatic rings. The summed E-state index contributed by atoms with van der Waals surface area (Å²) in [6, 6.07) is 4.79. The molecule has 1 N–H and O–H groups in total. The molecule has 0 saturated carbocycles. The summed E-state index contributed by atoms with van der Waals surface area (Å²) in [6.07, 6.45) is 3.81. The Labute approximate surface area is 173 Å². The number of ether oxygens (including phenoxy) is 1. The van der Waals surface area contributed by atoms with Crippen molar-refractivity contribution in [1.82, 2.24) is 14.5 Å². The van der Waals surface area contributed by atoms with Crippen LogP contribution in [0.1, 0.15) is 43.0 Å². The minimum absolute atomic E-state index is 0. The Morgan fingerprint density at radius 3 is 2.43 bits per heavy atom. The number of hydrogen-bond donors (Lipinski definition) is 1. The summed E-state index contributed by atoms with van der Waals surface area (Å²) in [4.78, 5) is 14.8. The van der Waals surface area contributed by atoms with Crippen LogP contribution in [0.3, 0.4) is 0 Å². The van der Waals surface area contributed by atoms with E-state index in [2.05, 4.69) is 5.32 Å². The van der Waals surface area contributed by atoms with Gasteiger partial charge in [-0.05, 0) is 38.0 Å². The molecule has 1 aromatic carbocycles. The van der Waals surface area contributed by atoms with E-state index in [4.69, 9.17) is 4.74 Å². The first-order valence-electron chi connectivity index (χ1n) is 9.65. The zero-order valence-corrected chi connectivity index (χ0v) is 18.2. The molecule has 2 heterocycles. The largest absolute Gasteiger partial charge is 0.495 e. The third-order valence-corrected chi connectivity index (χ3v) is 7.28. The summed E-state index contributed by atoms with van der Waals surface area (Å²) in [5.74, 6) is 0.142. The topological polar surface area (TPSA) is 79.0 Å². The number of carbonyl (C=O) groups is 1. The predicted molar refractivity (Wildman–Crippen MR) is 111 cm³/mol. The molecule has 0 aliphatic carbocycles. The first-order chi connectivity index (χ1) is 12.9. The molecule has 1 aromatic rings. The van der Waals surface area contributed by atoms with Crippen LogP contribution in [0.15, 0.2) is 23.1 Å². The van der Waals surface area contributed by atoms with Gasteiger partial charge in [-0.3, -0.25) is 4.79 Å². The minimum Gasteiger partial charge on any atom is -0.495 e. The van der Waals surface area contributed by atoms with Crippen LogP contribution in [-0.4, -0.2) is 69.4 Å². The highest BCUT2D eigenvalue weighted by atomic mass is 35.5. The van der Waals surface area contributed by atoms with Crippen LogP contribution >= 0.6 is 12.4 Å². The molecule has 7 nitrogen and oxygen atoms in total. The van der Waals surface area contributed by atoms with Crippen molar-refractivity contribution in [2.75, 3.05) is 39.8 Å². The number of methoxy groups -OCH3 is 1. The van der Waals surface area contributed by atoms with Crippen LogP contribution < -0.4 is 10.1 Å². The molecule has 2 aliphatic heterocycles. The number of piperazine rings is 1. The van der Waals surface area contributed by atoms with Crippen molar-refractivity contribution in [1.29, 1.82) is 0 Å². The average Bonchev–Trinajstić information content (AvgIpc) is 2.97. The molecule has 28 heavy (non-hydrogen) atoms. The van der Waals surface area contributed by atoms with Crippen molar-refractivity contribution in [3.05, 3.63) is 23.8 Å². The van der Waals surface area contributed by atoms with Crippen LogP contribution in [0.25, 0.3) is 0 Å². The van der Waals surface area contributed by atoms with Crippen LogP contribution in [0, 0.1) is 0 Å². The Morgan fingerprint density at radius 1 is 1.14 bits per heavy atom. The normalized spacial score (nSPS) is 21.5. The lowest BCUT2D eigenvalue weighted by atomic mass is 10.1. The smallest absolute Gasteiger partial charge is 0.254 e. The Hall–Kier alpha value is -1.35. The van der Waals surface area contributed by atoms with Gasteiger partial charge >= 0.3 is 0 Å². The Morgan fingerprint density at radius 2 is 1.82 bits per heavy atom. The first-order valence-corrected chi connectivity index (χ1v) is 11.1. The maximum Gasteiger partial charge on any atom is 0.254 e. The molecule has 9 heteroatoms. The van der Waals surface area contributed by atoms with Gasteiger partial charge in [0, 0.05) is 44.3 Å². The summed E-state index contributed by atoms with van der Waals surface area (Å²) < 4.78 is 33.3. The summed E-state index contributed by atoms with van der Waals surface area (Å²) in [7, 11) is -2.25. The number of rotatable bonds is 4. The molecule has 3 rings (SSSR count). The lowest BCUT2D eigenvalue weighted by molar-refractivity contribution is 0.0655. The fraction of sp³-hybridized carbons (Fsp3) is 0.632. The molecule has 1 atom stereocenters. The molecule has 0 radical (unpaired) electrons. The number of benzene rings is 1. The second-order valence-electron chi connectivity index (χ2n) is 7.24. The van der Waals surface area contributed by atoms with Crippen molar-refractivity contribution >= 4 is 28.3 Å². The number of halogens is 1. The molecule has 0 aromatic heterocycles. The standard InChI is InChI=1S/C19H29N3O4S.ClH/c1-15-14-20-9-12-22(15)19(23)16-7-8-17(26-2)18(13-16)27(24,25)21-10-5-3-4-6-11-21;/h7-8,13,15,20H,3-6,9-12,14H2,1-2H3;1H. The fourth-order valence-corrected chi connectivity index (χ4v) is 5.44. The van der Waals surface area contributed by atoms with Gasteiger partial charge in [0.2, 0.25) is 10.0 Å². The van der Waals surface area contributed by atoms with Gasteiger partial charge in [-0.15, -0.1) is 12.4 Å². The maximum atomic E-state index is 13.2.